The number of esters is 1. The minimum Gasteiger partial charge on any atom is -0.456 e. The summed E-state index contributed by atoms with van der Waals surface area (Å²) in [5.41, 5.74) is 0.196. The number of likely N-dealkylation sites (N-methyl/N-ethyl adjacent to an activating group) is 2. The summed E-state index contributed by atoms with van der Waals surface area (Å²) in [5.74, 6) is -1.81. The zero-order valence-corrected chi connectivity index (χ0v) is 15.3. The van der Waals surface area contributed by atoms with Gasteiger partial charge in [0.15, 0.2) is 0 Å². The molecular formula is C18H21N3O5. The van der Waals surface area contributed by atoms with Gasteiger partial charge in [-0.2, -0.15) is 0 Å². The fourth-order valence-corrected chi connectivity index (χ4v) is 2.17. The standard InChI is InChI=1S/C18H21N3O5/c1-18(2,3)26-16(24)11-6-8-12(9-7-11)19-10-13-14(22)20(4)17(25)21(5)15(13)23/h6-10,19H,1-5H3. The third-order valence-corrected chi connectivity index (χ3v) is 3.55. The second-order valence-corrected chi connectivity index (χ2v) is 6.79. The molecule has 26 heavy (non-hydrogen) atoms. The number of rotatable bonds is 3. The average Bonchev–Trinajstić information content (AvgIpc) is 2.57. The molecule has 0 atom stereocenters. The monoisotopic (exact) mass is 359 g/mol. The molecule has 0 aliphatic carbocycles. The summed E-state index contributed by atoms with van der Waals surface area (Å²) < 4.78 is 5.28. The van der Waals surface area contributed by atoms with Crippen LogP contribution in [0.1, 0.15) is 31.1 Å². The molecule has 1 aliphatic rings. The molecule has 0 aromatic heterocycles. The SMILES string of the molecule is CN1C(=O)C(=CNc2ccc(C(=O)OC(C)(C)C)cc2)C(=O)N(C)C1=O. The van der Waals surface area contributed by atoms with Crippen LogP contribution in [0.3, 0.4) is 0 Å². The number of hydrogen-bond donors (Lipinski definition) is 1. The number of nitrogens with one attached hydrogen (secondary N) is 1. The van der Waals surface area contributed by atoms with Gasteiger partial charge >= 0.3 is 12.0 Å². The van der Waals surface area contributed by atoms with Gasteiger partial charge < -0.3 is 10.1 Å². The smallest absolute Gasteiger partial charge is 0.338 e. The minimum absolute atomic E-state index is 0.161. The lowest BCUT2D eigenvalue weighted by molar-refractivity contribution is -0.134. The fourth-order valence-electron chi connectivity index (χ4n) is 2.17. The molecule has 1 aliphatic heterocycles. The number of hydrogen-bond acceptors (Lipinski definition) is 6. The Morgan fingerprint density at radius 1 is 1.00 bits per heavy atom. The van der Waals surface area contributed by atoms with E-state index in [9.17, 15) is 19.2 Å². The van der Waals surface area contributed by atoms with Gasteiger partial charge in [-0.15, -0.1) is 0 Å². The van der Waals surface area contributed by atoms with Gasteiger partial charge in [0.25, 0.3) is 11.8 Å². The summed E-state index contributed by atoms with van der Waals surface area (Å²) in [6.07, 6.45) is 1.24. The Kier molecular flexibility index (Phi) is 5.15. The Hall–Kier alpha value is -3.16. The third-order valence-electron chi connectivity index (χ3n) is 3.55. The molecule has 0 spiro atoms. The predicted octanol–water partition coefficient (Wildman–Crippen LogP) is 1.99. The second-order valence-electron chi connectivity index (χ2n) is 6.79. The van der Waals surface area contributed by atoms with E-state index in [1.165, 1.54) is 20.3 Å². The van der Waals surface area contributed by atoms with Crippen LogP contribution in [-0.4, -0.2) is 53.3 Å². The molecule has 1 aromatic carbocycles. The lowest BCUT2D eigenvalue weighted by Gasteiger charge is -2.28. The van der Waals surface area contributed by atoms with E-state index in [4.69, 9.17) is 4.74 Å². The average molecular weight is 359 g/mol. The summed E-state index contributed by atoms with van der Waals surface area (Å²) in [5, 5.41) is 2.83. The van der Waals surface area contributed by atoms with Crippen LogP contribution in [0.4, 0.5) is 10.5 Å². The number of carbonyl (C=O) groups is 4. The summed E-state index contributed by atoms with van der Waals surface area (Å²) in [6, 6.07) is 5.70. The Morgan fingerprint density at radius 2 is 1.50 bits per heavy atom. The van der Waals surface area contributed by atoms with Gasteiger partial charge in [-0.05, 0) is 45.0 Å². The highest BCUT2D eigenvalue weighted by molar-refractivity contribution is 6.28. The first-order chi connectivity index (χ1) is 12.0. The van der Waals surface area contributed by atoms with Crippen LogP contribution in [-0.2, 0) is 14.3 Å². The first kappa shape index (κ1) is 19.2. The molecule has 1 aromatic rings. The zero-order valence-electron chi connectivity index (χ0n) is 15.3. The largest absolute Gasteiger partial charge is 0.456 e. The maximum Gasteiger partial charge on any atom is 0.338 e. The first-order valence-corrected chi connectivity index (χ1v) is 7.91. The third kappa shape index (κ3) is 4.08. The van der Waals surface area contributed by atoms with Crippen molar-refractivity contribution in [1.29, 1.82) is 0 Å². The summed E-state index contributed by atoms with van der Waals surface area (Å²) in [6.45, 7) is 5.35. The molecule has 0 saturated carbocycles. The van der Waals surface area contributed by atoms with Gasteiger partial charge in [0.1, 0.15) is 11.2 Å². The molecule has 2 rings (SSSR count). The number of urea groups is 1. The van der Waals surface area contributed by atoms with Gasteiger partial charge in [-0.1, -0.05) is 0 Å². The first-order valence-electron chi connectivity index (χ1n) is 7.91. The molecule has 0 bridgehead atoms. The second kappa shape index (κ2) is 6.99. The number of nitrogens with zero attached hydrogens (tertiary/aromatic N) is 2. The van der Waals surface area contributed by atoms with Crippen molar-refractivity contribution in [3.8, 4) is 0 Å². The van der Waals surface area contributed by atoms with E-state index in [-0.39, 0.29) is 5.57 Å². The highest BCUT2D eigenvalue weighted by atomic mass is 16.6. The number of benzene rings is 1. The molecular weight excluding hydrogens is 338 g/mol. The Morgan fingerprint density at radius 3 is 1.96 bits per heavy atom. The minimum atomic E-state index is -0.684. The van der Waals surface area contributed by atoms with E-state index >= 15 is 0 Å². The Bertz CT molecular complexity index is 764. The number of anilines is 1. The van der Waals surface area contributed by atoms with E-state index in [1.807, 2.05) is 0 Å². The number of imide groups is 2. The zero-order chi connectivity index (χ0) is 19.6. The van der Waals surface area contributed by atoms with Crippen molar-refractivity contribution in [1.82, 2.24) is 9.80 Å². The Labute approximate surface area is 151 Å². The maximum atomic E-state index is 12.1. The van der Waals surface area contributed by atoms with E-state index in [1.54, 1.807) is 45.0 Å². The van der Waals surface area contributed by atoms with Crippen LogP contribution in [0.5, 0.6) is 0 Å². The van der Waals surface area contributed by atoms with Crippen molar-refractivity contribution in [2.45, 2.75) is 26.4 Å². The summed E-state index contributed by atoms with van der Waals surface area (Å²) >= 11 is 0. The van der Waals surface area contributed by atoms with Crippen LogP contribution in [0, 0.1) is 0 Å². The van der Waals surface area contributed by atoms with E-state index in [0.29, 0.717) is 11.3 Å². The molecule has 1 N–H and O–H groups in total. The van der Waals surface area contributed by atoms with Crippen LogP contribution < -0.4 is 5.32 Å². The number of carbonyl (C=O) groups excluding carboxylic acids is 4. The topological polar surface area (TPSA) is 96.0 Å². The molecule has 8 heteroatoms. The molecule has 1 heterocycles. The normalized spacial score (nSPS) is 15.3. The van der Waals surface area contributed by atoms with Crippen LogP contribution >= 0.6 is 0 Å². The molecule has 4 amide bonds. The van der Waals surface area contributed by atoms with Gasteiger partial charge in [-0.25, -0.2) is 9.59 Å². The fraction of sp³-hybridized carbons (Fsp3) is 0.333. The van der Waals surface area contributed by atoms with Crippen molar-refractivity contribution >= 4 is 29.5 Å². The van der Waals surface area contributed by atoms with Crippen molar-refractivity contribution in [2.75, 3.05) is 19.4 Å². The molecule has 1 saturated heterocycles. The van der Waals surface area contributed by atoms with Crippen LogP contribution in [0.15, 0.2) is 36.0 Å². The van der Waals surface area contributed by atoms with E-state index < -0.39 is 29.4 Å². The van der Waals surface area contributed by atoms with Crippen molar-refractivity contribution in [3.63, 3.8) is 0 Å². The van der Waals surface area contributed by atoms with E-state index in [2.05, 4.69) is 5.32 Å². The lowest BCUT2D eigenvalue weighted by atomic mass is 10.1. The molecule has 0 unspecified atom stereocenters. The van der Waals surface area contributed by atoms with Gasteiger partial charge in [-0.3, -0.25) is 19.4 Å². The van der Waals surface area contributed by atoms with Gasteiger partial charge in [0.2, 0.25) is 0 Å². The molecule has 138 valence electrons. The molecule has 1 fully saturated rings. The highest BCUT2D eigenvalue weighted by Crippen LogP contribution is 2.17. The lowest BCUT2D eigenvalue weighted by Crippen LogP contribution is -2.53. The van der Waals surface area contributed by atoms with Crippen molar-refractivity contribution in [2.24, 2.45) is 0 Å². The predicted molar refractivity (Wildman–Crippen MR) is 94.3 cm³/mol. The van der Waals surface area contributed by atoms with Gasteiger partial charge in [0, 0.05) is 26.0 Å². The summed E-state index contributed by atoms with van der Waals surface area (Å²) in [4.78, 5) is 49.5. The van der Waals surface area contributed by atoms with E-state index in [0.717, 1.165) is 9.80 Å². The van der Waals surface area contributed by atoms with Crippen LogP contribution in [0.2, 0.25) is 0 Å². The van der Waals surface area contributed by atoms with Crippen molar-refractivity contribution in [3.05, 3.63) is 41.6 Å². The molecule has 8 nitrogen and oxygen atoms in total. The number of ether oxygens (including phenoxy) is 1. The molecule has 0 radical (unpaired) electrons. The number of barbiturate groups is 1. The quantitative estimate of drug-likeness (QED) is 0.504. The summed E-state index contributed by atoms with van der Waals surface area (Å²) in [7, 11) is 2.61. The number of amides is 4. The highest BCUT2D eigenvalue weighted by Gasteiger charge is 2.37. The van der Waals surface area contributed by atoms with Gasteiger partial charge in [0.05, 0.1) is 5.56 Å². The van der Waals surface area contributed by atoms with Crippen LogP contribution in [0.25, 0.3) is 0 Å². The van der Waals surface area contributed by atoms with Crippen molar-refractivity contribution < 1.29 is 23.9 Å². The maximum absolute atomic E-state index is 12.1. The Balaban J connectivity index is 2.13.